The summed E-state index contributed by atoms with van der Waals surface area (Å²) in [5.41, 5.74) is -0.0610. The first kappa shape index (κ1) is 16.1. The molecule has 2 N–H and O–H groups in total. The van der Waals surface area contributed by atoms with Gasteiger partial charge in [0.25, 0.3) is 5.69 Å². The molecule has 0 bridgehead atoms. The van der Waals surface area contributed by atoms with E-state index >= 15 is 0 Å². The highest BCUT2D eigenvalue weighted by atomic mass is 19.1. The SMILES string of the molecule is O=[N+]([O-])c1cc(F)ccc1NC[C@@H]1CCC2(CCOCC2)[C@@H]1O. The highest BCUT2D eigenvalue weighted by molar-refractivity contribution is 5.61. The number of nitro groups is 1. The van der Waals surface area contributed by atoms with Crippen molar-refractivity contribution < 1.29 is 19.2 Å². The lowest BCUT2D eigenvalue weighted by Crippen LogP contribution is -2.40. The van der Waals surface area contributed by atoms with Crippen molar-refractivity contribution in [1.82, 2.24) is 0 Å². The predicted octanol–water partition coefficient (Wildman–Crippen LogP) is 2.71. The number of nitrogens with one attached hydrogen (secondary N) is 1. The summed E-state index contributed by atoms with van der Waals surface area (Å²) in [4.78, 5) is 10.4. The molecule has 1 aromatic carbocycles. The van der Waals surface area contributed by atoms with Crippen molar-refractivity contribution in [2.75, 3.05) is 25.1 Å². The van der Waals surface area contributed by atoms with E-state index in [0.29, 0.717) is 19.8 Å². The Morgan fingerprint density at radius 1 is 1.39 bits per heavy atom. The second-order valence-electron chi connectivity index (χ2n) is 6.52. The van der Waals surface area contributed by atoms with E-state index in [4.69, 9.17) is 4.74 Å². The highest BCUT2D eigenvalue weighted by Gasteiger charge is 2.48. The van der Waals surface area contributed by atoms with E-state index in [0.717, 1.165) is 31.7 Å². The number of aliphatic hydroxyl groups excluding tert-OH is 1. The van der Waals surface area contributed by atoms with Gasteiger partial charge in [-0.3, -0.25) is 10.1 Å². The van der Waals surface area contributed by atoms with Crippen LogP contribution in [0, 0.1) is 27.3 Å². The molecule has 1 saturated carbocycles. The lowest BCUT2D eigenvalue weighted by Gasteiger charge is -2.37. The van der Waals surface area contributed by atoms with Crippen LogP contribution in [-0.4, -0.2) is 35.9 Å². The van der Waals surface area contributed by atoms with Crippen LogP contribution in [0.3, 0.4) is 0 Å². The summed E-state index contributed by atoms with van der Waals surface area (Å²) in [6.07, 6.45) is 3.12. The lowest BCUT2D eigenvalue weighted by atomic mass is 9.76. The number of hydrogen-bond acceptors (Lipinski definition) is 5. The lowest BCUT2D eigenvalue weighted by molar-refractivity contribution is -0.384. The summed E-state index contributed by atoms with van der Waals surface area (Å²) in [6, 6.07) is 3.48. The molecule has 0 amide bonds. The number of halogens is 1. The largest absolute Gasteiger partial charge is 0.392 e. The van der Waals surface area contributed by atoms with Gasteiger partial charge in [-0.05, 0) is 37.8 Å². The molecule has 6 nitrogen and oxygen atoms in total. The van der Waals surface area contributed by atoms with Crippen LogP contribution in [0.2, 0.25) is 0 Å². The molecular weight excluding hydrogens is 303 g/mol. The molecule has 1 aromatic rings. The van der Waals surface area contributed by atoms with E-state index in [1.807, 2.05) is 0 Å². The molecule has 23 heavy (non-hydrogen) atoms. The van der Waals surface area contributed by atoms with Gasteiger partial charge < -0.3 is 15.2 Å². The highest BCUT2D eigenvalue weighted by Crippen LogP contribution is 2.48. The molecule has 2 fully saturated rings. The Hall–Kier alpha value is -1.73. The van der Waals surface area contributed by atoms with Gasteiger partial charge in [0.1, 0.15) is 11.5 Å². The van der Waals surface area contributed by atoms with Crippen molar-refractivity contribution in [2.45, 2.75) is 31.8 Å². The smallest absolute Gasteiger partial charge is 0.295 e. The summed E-state index contributed by atoms with van der Waals surface area (Å²) in [5, 5.41) is 24.7. The third-order valence-electron chi connectivity index (χ3n) is 5.29. The number of hydrogen-bond donors (Lipinski definition) is 2. The van der Waals surface area contributed by atoms with Crippen LogP contribution in [0.25, 0.3) is 0 Å². The summed E-state index contributed by atoms with van der Waals surface area (Å²) in [6.45, 7) is 1.80. The van der Waals surface area contributed by atoms with Crippen LogP contribution in [0.5, 0.6) is 0 Å². The molecule has 0 unspecified atom stereocenters. The Kier molecular flexibility index (Phi) is 4.50. The monoisotopic (exact) mass is 324 g/mol. The van der Waals surface area contributed by atoms with Gasteiger partial charge in [0.2, 0.25) is 0 Å². The minimum Gasteiger partial charge on any atom is -0.392 e. The summed E-state index contributed by atoms with van der Waals surface area (Å²) >= 11 is 0. The zero-order valence-corrected chi connectivity index (χ0v) is 12.8. The van der Waals surface area contributed by atoms with Gasteiger partial charge in [-0.1, -0.05) is 0 Å². The van der Waals surface area contributed by atoms with Gasteiger partial charge in [-0.15, -0.1) is 0 Å². The average Bonchev–Trinajstić information content (AvgIpc) is 2.83. The van der Waals surface area contributed by atoms with E-state index < -0.39 is 16.8 Å². The van der Waals surface area contributed by atoms with Crippen LogP contribution in [0.1, 0.15) is 25.7 Å². The number of anilines is 1. The van der Waals surface area contributed by atoms with E-state index in [9.17, 15) is 19.6 Å². The van der Waals surface area contributed by atoms with Crippen LogP contribution in [0.15, 0.2) is 18.2 Å². The van der Waals surface area contributed by atoms with Gasteiger partial charge in [-0.25, -0.2) is 4.39 Å². The molecule has 2 atom stereocenters. The Bertz CT molecular complexity index is 589. The molecule has 1 aliphatic carbocycles. The minimum atomic E-state index is -0.635. The number of ether oxygens (including phenoxy) is 1. The number of nitro benzene ring substituents is 1. The zero-order chi connectivity index (χ0) is 16.4. The van der Waals surface area contributed by atoms with Gasteiger partial charge in [0, 0.05) is 31.1 Å². The molecule has 2 aliphatic rings. The van der Waals surface area contributed by atoms with Gasteiger partial charge >= 0.3 is 0 Å². The van der Waals surface area contributed by atoms with E-state index in [-0.39, 0.29) is 22.7 Å². The average molecular weight is 324 g/mol. The van der Waals surface area contributed by atoms with Crippen molar-refractivity contribution >= 4 is 11.4 Å². The number of nitrogens with zero attached hydrogens (tertiary/aromatic N) is 1. The van der Waals surface area contributed by atoms with Crippen LogP contribution in [-0.2, 0) is 4.74 Å². The molecule has 1 spiro atoms. The zero-order valence-electron chi connectivity index (χ0n) is 12.8. The maximum atomic E-state index is 13.2. The van der Waals surface area contributed by atoms with Crippen molar-refractivity contribution in [3.05, 3.63) is 34.1 Å². The fourth-order valence-electron chi connectivity index (χ4n) is 3.86. The molecular formula is C16H21FN2O4. The molecule has 1 saturated heterocycles. The Morgan fingerprint density at radius 3 is 2.83 bits per heavy atom. The molecule has 7 heteroatoms. The summed E-state index contributed by atoms with van der Waals surface area (Å²) < 4.78 is 18.6. The summed E-state index contributed by atoms with van der Waals surface area (Å²) in [7, 11) is 0. The van der Waals surface area contributed by atoms with E-state index in [1.54, 1.807) is 0 Å². The maximum Gasteiger partial charge on any atom is 0.295 e. The summed E-state index contributed by atoms with van der Waals surface area (Å²) in [5.74, 6) is -0.595. The van der Waals surface area contributed by atoms with Crippen molar-refractivity contribution in [3.8, 4) is 0 Å². The Balaban J connectivity index is 1.66. The molecule has 3 rings (SSSR count). The van der Waals surface area contributed by atoms with Crippen molar-refractivity contribution in [3.63, 3.8) is 0 Å². The molecule has 1 heterocycles. The Morgan fingerprint density at radius 2 is 2.13 bits per heavy atom. The standard InChI is InChI=1S/C16H21FN2O4/c17-12-1-2-13(14(9-12)19(21)22)18-10-11-3-4-16(15(11)20)5-7-23-8-6-16/h1-2,9,11,15,18,20H,3-8,10H2/t11-,15+/m0/s1. The number of aliphatic hydroxyl groups is 1. The number of benzene rings is 1. The van der Waals surface area contributed by atoms with Crippen molar-refractivity contribution in [1.29, 1.82) is 0 Å². The molecule has 0 radical (unpaired) electrons. The fraction of sp³-hybridized carbons (Fsp3) is 0.625. The second-order valence-corrected chi connectivity index (χ2v) is 6.52. The first-order chi connectivity index (χ1) is 11.0. The number of rotatable bonds is 4. The van der Waals surface area contributed by atoms with E-state index in [2.05, 4.69) is 5.32 Å². The maximum absolute atomic E-state index is 13.2. The molecule has 1 aliphatic heterocycles. The Labute approximate surface area is 133 Å². The van der Waals surface area contributed by atoms with Crippen LogP contribution in [0.4, 0.5) is 15.8 Å². The fourth-order valence-corrected chi connectivity index (χ4v) is 3.86. The first-order valence-electron chi connectivity index (χ1n) is 7.95. The topological polar surface area (TPSA) is 84.6 Å². The van der Waals surface area contributed by atoms with E-state index in [1.165, 1.54) is 12.1 Å². The van der Waals surface area contributed by atoms with Crippen molar-refractivity contribution in [2.24, 2.45) is 11.3 Å². The van der Waals surface area contributed by atoms with Gasteiger partial charge in [-0.2, -0.15) is 0 Å². The predicted molar refractivity (Wildman–Crippen MR) is 82.8 cm³/mol. The quantitative estimate of drug-likeness (QED) is 0.657. The van der Waals surface area contributed by atoms with Gasteiger partial charge in [0.15, 0.2) is 0 Å². The molecule has 126 valence electrons. The van der Waals surface area contributed by atoms with Crippen LogP contribution >= 0.6 is 0 Å². The van der Waals surface area contributed by atoms with Crippen LogP contribution < -0.4 is 5.32 Å². The third kappa shape index (κ3) is 3.16. The second kappa shape index (κ2) is 6.41. The molecule has 0 aromatic heterocycles. The first-order valence-corrected chi connectivity index (χ1v) is 7.95. The van der Waals surface area contributed by atoms with Gasteiger partial charge in [0.05, 0.1) is 17.1 Å². The normalized spacial score (nSPS) is 26.3. The third-order valence-corrected chi connectivity index (χ3v) is 5.29. The minimum absolute atomic E-state index is 0.0396.